The van der Waals surface area contributed by atoms with Crippen LogP contribution in [0.4, 0.5) is 0 Å². The highest BCUT2D eigenvalue weighted by Gasteiger charge is 2.27. The van der Waals surface area contributed by atoms with Crippen molar-refractivity contribution >= 4 is 16.7 Å². The molecule has 3 rings (SSSR count). The Morgan fingerprint density at radius 3 is 2.43 bits per heavy atom. The van der Waals surface area contributed by atoms with Gasteiger partial charge >= 0.3 is 0 Å². The number of hydrogen-bond donors (Lipinski definition) is 0. The fraction of sp³-hybridized carbons (Fsp3) is 0.611. The molecule has 5 heteroatoms. The van der Waals surface area contributed by atoms with E-state index >= 15 is 0 Å². The van der Waals surface area contributed by atoms with E-state index in [4.69, 9.17) is 0 Å². The molecule has 1 aromatic rings. The minimum Gasteiger partial charge on any atom is -0.340 e. The lowest BCUT2D eigenvalue weighted by Crippen LogP contribution is -2.51. The molecule has 1 saturated carbocycles. The minimum atomic E-state index is -0.932. The zero-order valence-electron chi connectivity index (χ0n) is 13.9. The second kappa shape index (κ2) is 7.58. The van der Waals surface area contributed by atoms with E-state index in [-0.39, 0.29) is 5.91 Å². The normalized spacial score (nSPS) is 21.8. The lowest BCUT2D eigenvalue weighted by Gasteiger charge is -2.35. The molecule has 0 aromatic heterocycles. The van der Waals surface area contributed by atoms with E-state index in [9.17, 15) is 9.00 Å². The van der Waals surface area contributed by atoms with E-state index in [0.717, 1.165) is 37.0 Å². The zero-order valence-corrected chi connectivity index (χ0v) is 14.7. The summed E-state index contributed by atoms with van der Waals surface area (Å²) in [5, 5.41) is 0. The monoisotopic (exact) mass is 334 g/mol. The maximum Gasteiger partial charge on any atom is 0.236 e. The summed E-state index contributed by atoms with van der Waals surface area (Å²) in [5.41, 5.74) is 1.18. The van der Waals surface area contributed by atoms with Crippen molar-refractivity contribution in [2.75, 3.05) is 32.4 Å². The molecule has 1 amide bonds. The zero-order chi connectivity index (χ0) is 16.2. The first-order chi connectivity index (χ1) is 11.1. The van der Waals surface area contributed by atoms with Gasteiger partial charge in [0.15, 0.2) is 0 Å². The van der Waals surface area contributed by atoms with Crippen molar-refractivity contribution in [1.82, 2.24) is 9.80 Å². The van der Waals surface area contributed by atoms with Crippen LogP contribution >= 0.6 is 0 Å². The van der Waals surface area contributed by atoms with E-state index in [0.29, 0.717) is 6.54 Å². The van der Waals surface area contributed by atoms with Gasteiger partial charge in [0.05, 0.1) is 6.54 Å². The van der Waals surface area contributed by atoms with Crippen LogP contribution in [0.25, 0.3) is 0 Å². The summed E-state index contributed by atoms with van der Waals surface area (Å²) in [5.74, 6) is 1.00. The van der Waals surface area contributed by atoms with Gasteiger partial charge in [0.25, 0.3) is 0 Å². The highest BCUT2D eigenvalue weighted by Crippen LogP contribution is 2.26. The van der Waals surface area contributed by atoms with Crippen molar-refractivity contribution in [3.63, 3.8) is 0 Å². The molecule has 4 nitrogen and oxygen atoms in total. The van der Waals surface area contributed by atoms with Crippen molar-refractivity contribution < 1.29 is 9.00 Å². The number of carbonyl (C=O) groups excluding carboxylic acids is 1. The Kier molecular flexibility index (Phi) is 5.49. The van der Waals surface area contributed by atoms with Gasteiger partial charge in [0.2, 0.25) is 5.91 Å². The smallest absolute Gasteiger partial charge is 0.236 e. The van der Waals surface area contributed by atoms with Crippen molar-refractivity contribution in [2.24, 2.45) is 5.92 Å². The van der Waals surface area contributed by atoms with Crippen molar-refractivity contribution in [1.29, 1.82) is 0 Å². The topological polar surface area (TPSA) is 40.6 Å². The molecule has 0 N–H and O–H groups in total. The van der Waals surface area contributed by atoms with E-state index in [2.05, 4.69) is 9.80 Å². The van der Waals surface area contributed by atoms with Gasteiger partial charge in [-0.3, -0.25) is 13.9 Å². The molecule has 1 atom stereocenters. The Hall–Kier alpha value is -1.20. The molecule has 1 aliphatic heterocycles. The van der Waals surface area contributed by atoms with Gasteiger partial charge < -0.3 is 4.90 Å². The third kappa shape index (κ3) is 4.42. The summed E-state index contributed by atoms with van der Waals surface area (Å²) >= 11 is 0. The standard InChI is InChI=1S/C18H26N2O2S/c1-23(22)17-8-6-16(7-9-17)12-19-10-11-20(18(21)14-19)13-15-4-2-3-5-15/h6-9,15H,2-5,10-14H2,1H3/t23-/m1/s1. The van der Waals surface area contributed by atoms with Crippen LogP contribution in [0, 0.1) is 5.92 Å². The summed E-state index contributed by atoms with van der Waals surface area (Å²) in [4.78, 5) is 17.5. The molecule has 2 fully saturated rings. The van der Waals surface area contributed by atoms with Gasteiger partial charge in [-0.2, -0.15) is 0 Å². The molecule has 23 heavy (non-hydrogen) atoms. The van der Waals surface area contributed by atoms with Crippen LogP contribution < -0.4 is 0 Å². The SMILES string of the molecule is C[S@@](=O)c1ccc(CN2CCN(CC3CCCC3)C(=O)C2)cc1. The van der Waals surface area contributed by atoms with Crippen molar-refractivity contribution in [3.8, 4) is 0 Å². The van der Waals surface area contributed by atoms with Crippen LogP contribution in [0.15, 0.2) is 29.2 Å². The molecule has 126 valence electrons. The summed E-state index contributed by atoms with van der Waals surface area (Å²) in [6.07, 6.45) is 6.93. The lowest BCUT2D eigenvalue weighted by atomic mass is 10.1. The molecule has 1 saturated heterocycles. The maximum atomic E-state index is 12.4. The van der Waals surface area contributed by atoms with Crippen LogP contribution in [-0.2, 0) is 22.1 Å². The quantitative estimate of drug-likeness (QED) is 0.829. The van der Waals surface area contributed by atoms with E-state index in [1.165, 1.54) is 31.2 Å². The number of amides is 1. The summed E-state index contributed by atoms with van der Waals surface area (Å²) in [6, 6.07) is 7.88. The predicted octanol–water partition coefficient (Wildman–Crippen LogP) is 2.26. The Bertz CT molecular complexity index is 567. The van der Waals surface area contributed by atoms with Gasteiger partial charge in [-0.05, 0) is 36.5 Å². The molecule has 1 aliphatic carbocycles. The molecule has 0 bridgehead atoms. The molecule has 0 unspecified atom stereocenters. The largest absolute Gasteiger partial charge is 0.340 e. The first kappa shape index (κ1) is 16.7. The Morgan fingerprint density at radius 1 is 1.13 bits per heavy atom. The number of nitrogens with zero attached hydrogens (tertiary/aromatic N) is 2. The third-order valence-electron chi connectivity index (χ3n) is 5.01. The average molecular weight is 334 g/mol. The second-order valence-electron chi connectivity index (χ2n) is 6.80. The van der Waals surface area contributed by atoms with Gasteiger partial charge in [-0.1, -0.05) is 25.0 Å². The van der Waals surface area contributed by atoms with E-state index in [1.54, 1.807) is 6.26 Å². The Morgan fingerprint density at radius 2 is 1.83 bits per heavy atom. The highest BCUT2D eigenvalue weighted by atomic mass is 32.2. The fourth-order valence-corrected chi connectivity index (χ4v) is 4.15. The van der Waals surface area contributed by atoms with Crippen LogP contribution in [-0.4, -0.2) is 52.4 Å². The summed E-state index contributed by atoms with van der Waals surface area (Å²) < 4.78 is 11.4. The Balaban J connectivity index is 1.51. The number of rotatable bonds is 5. The second-order valence-corrected chi connectivity index (χ2v) is 8.18. The average Bonchev–Trinajstić information content (AvgIpc) is 3.04. The Labute approximate surface area is 141 Å². The first-order valence-electron chi connectivity index (χ1n) is 8.54. The highest BCUT2D eigenvalue weighted by molar-refractivity contribution is 7.84. The van der Waals surface area contributed by atoms with Crippen LogP contribution in [0.3, 0.4) is 0 Å². The van der Waals surface area contributed by atoms with Crippen LogP contribution in [0.5, 0.6) is 0 Å². The van der Waals surface area contributed by atoms with Crippen molar-refractivity contribution in [3.05, 3.63) is 29.8 Å². The molecular formula is C18H26N2O2S. The van der Waals surface area contributed by atoms with E-state index in [1.807, 2.05) is 24.3 Å². The van der Waals surface area contributed by atoms with Gasteiger partial charge in [-0.25, -0.2) is 0 Å². The first-order valence-corrected chi connectivity index (χ1v) is 10.1. The molecule has 2 aliphatic rings. The van der Waals surface area contributed by atoms with Gasteiger partial charge in [0, 0.05) is 48.1 Å². The van der Waals surface area contributed by atoms with E-state index < -0.39 is 10.8 Å². The fourth-order valence-electron chi connectivity index (χ4n) is 3.63. The number of hydrogen-bond acceptors (Lipinski definition) is 3. The third-order valence-corrected chi connectivity index (χ3v) is 5.95. The molecule has 1 heterocycles. The number of carbonyl (C=O) groups is 1. The predicted molar refractivity (Wildman–Crippen MR) is 92.6 cm³/mol. The molecule has 0 spiro atoms. The summed E-state index contributed by atoms with van der Waals surface area (Å²) in [6.45, 7) is 4.07. The van der Waals surface area contributed by atoms with Gasteiger partial charge in [0.1, 0.15) is 0 Å². The molecule has 1 aromatic carbocycles. The maximum absolute atomic E-state index is 12.4. The van der Waals surface area contributed by atoms with Crippen LogP contribution in [0.2, 0.25) is 0 Å². The summed E-state index contributed by atoms with van der Waals surface area (Å²) in [7, 11) is -0.932. The van der Waals surface area contributed by atoms with Gasteiger partial charge in [-0.15, -0.1) is 0 Å². The molecular weight excluding hydrogens is 308 g/mol. The lowest BCUT2D eigenvalue weighted by molar-refractivity contribution is -0.136. The molecule has 0 radical (unpaired) electrons. The van der Waals surface area contributed by atoms with Crippen molar-refractivity contribution in [2.45, 2.75) is 37.1 Å². The number of piperazine rings is 1. The van der Waals surface area contributed by atoms with Crippen LogP contribution in [0.1, 0.15) is 31.2 Å². The minimum absolute atomic E-state index is 0.273. The number of benzene rings is 1.